The molecule has 0 fully saturated rings. The molecule has 0 unspecified atom stereocenters. The Balaban J connectivity index is 2.57. The van der Waals surface area contributed by atoms with Gasteiger partial charge in [0.1, 0.15) is 0 Å². The third-order valence-electron chi connectivity index (χ3n) is 3.59. The number of allylic oxidation sites excluding steroid dienone is 1. The summed E-state index contributed by atoms with van der Waals surface area (Å²) in [6.07, 6.45) is 0. The van der Waals surface area contributed by atoms with Gasteiger partial charge in [-0.3, -0.25) is 4.90 Å². The summed E-state index contributed by atoms with van der Waals surface area (Å²) in [7, 11) is 1.22. The van der Waals surface area contributed by atoms with Gasteiger partial charge in [0, 0.05) is 12.2 Å². The van der Waals surface area contributed by atoms with E-state index in [1.54, 1.807) is 13.8 Å². The standard InChI is InChI=1S/C15H16F2N2O3/c1-4-19-8(2)12(14(20)22-3)13(18-15(19)21)9-5-6-10(16)11(17)7-9/h5-7,13H,4H2,1-3H3,(H,18,21)/t13-/m1/s1. The van der Waals surface area contributed by atoms with Crippen molar-refractivity contribution in [1.29, 1.82) is 0 Å². The van der Waals surface area contributed by atoms with Gasteiger partial charge in [0.25, 0.3) is 0 Å². The van der Waals surface area contributed by atoms with E-state index in [2.05, 4.69) is 5.32 Å². The van der Waals surface area contributed by atoms with Gasteiger partial charge in [-0.1, -0.05) is 6.07 Å². The minimum absolute atomic E-state index is 0.190. The molecule has 0 spiro atoms. The lowest BCUT2D eigenvalue weighted by Gasteiger charge is -2.34. The van der Waals surface area contributed by atoms with Gasteiger partial charge < -0.3 is 10.1 Å². The largest absolute Gasteiger partial charge is 0.466 e. The van der Waals surface area contributed by atoms with Crippen molar-refractivity contribution in [3.63, 3.8) is 0 Å². The summed E-state index contributed by atoms with van der Waals surface area (Å²) in [6, 6.07) is 1.92. The number of amides is 2. The van der Waals surface area contributed by atoms with Gasteiger partial charge in [-0.15, -0.1) is 0 Å². The van der Waals surface area contributed by atoms with E-state index >= 15 is 0 Å². The first-order valence-corrected chi connectivity index (χ1v) is 6.72. The quantitative estimate of drug-likeness (QED) is 0.873. The molecule has 118 valence electrons. The number of hydrogen-bond acceptors (Lipinski definition) is 3. The molecule has 2 rings (SSSR count). The summed E-state index contributed by atoms with van der Waals surface area (Å²) < 4.78 is 31.3. The Labute approximate surface area is 126 Å². The lowest BCUT2D eigenvalue weighted by Crippen LogP contribution is -2.47. The number of halogens is 2. The minimum atomic E-state index is -1.05. The van der Waals surface area contributed by atoms with Crippen molar-refractivity contribution in [3.05, 3.63) is 46.7 Å². The van der Waals surface area contributed by atoms with E-state index in [4.69, 9.17) is 4.74 Å². The molecule has 1 aromatic rings. The van der Waals surface area contributed by atoms with Crippen LogP contribution in [0, 0.1) is 11.6 Å². The molecule has 0 saturated carbocycles. The van der Waals surface area contributed by atoms with E-state index < -0.39 is 29.7 Å². The van der Waals surface area contributed by atoms with Crippen LogP contribution in [0.5, 0.6) is 0 Å². The van der Waals surface area contributed by atoms with Gasteiger partial charge in [0.15, 0.2) is 11.6 Å². The van der Waals surface area contributed by atoms with E-state index in [1.165, 1.54) is 18.1 Å². The lowest BCUT2D eigenvalue weighted by atomic mass is 9.95. The highest BCUT2D eigenvalue weighted by Crippen LogP contribution is 2.31. The number of urea groups is 1. The van der Waals surface area contributed by atoms with Crippen LogP contribution < -0.4 is 5.32 Å². The van der Waals surface area contributed by atoms with E-state index in [0.717, 1.165) is 12.1 Å². The predicted octanol–water partition coefficient (Wildman–Crippen LogP) is 2.50. The molecule has 1 heterocycles. The third-order valence-corrected chi connectivity index (χ3v) is 3.59. The third kappa shape index (κ3) is 2.66. The normalized spacial score (nSPS) is 18.3. The summed E-state index contributed by atoms with van der Waals surface area (Å²) in [5.74, 6) is -2.68. The molecule has 0 aliphatic carbocycles. The number of nitrogens with one attached hydrogen (secondary N) is 1. The van der Waals surface area contributed by atoms with Gasteiger partial charge in [0.2, 0.25) is 0 Å². The molecular weight excluding hydrogens is 294 g/mol. The number of carbonyl (C=O) groups is 2. The van der Waals surface area contributed by atoms with Crippen LogP contribution in [0.25, 0.3) is 0 Å². The number of benzene rings is 1. The van der Waals surface area contributed by atoms with Crippen molar-refractivity contribution in [2.45, 2.75) is 19.9 Å². The average molecular weight is 310 g/mol. The Hall–Kier alpha value is -2.44. The Morgan fingerprint density at radius 2 is 2.05 bits per heavy atom. The van der Waals surface area contributed by atoms with Crippen molar-refractivity contribution in [3.8, 4) is 0 Å². The topological polar surface area (TPSA) is 58.6 Å². The second-order valence-electron chi connectivity index (χ2n) is 4.79. The Bertz CT molecular complexity index is 658. The number of carbonyl (C=O) groups excluding carboxylic acids is 2. The van der Waals surface area contributed by atoms with Gasteiger partial charge in [-0.2, -0.15) is 0 Å². The highest BCUT2D eigenvalue weighted by molar-refractivity contribution is 5.94. The SMILES string of the molecule is CCN1C(=O)N[C@H](c2ccc(F)c(F)c2)C(C(=O)OC)=C1C. The van der Waals surface area contributed by atoms with Crippen LogP contribution in [0.1, 0.15) is 25.5 Å². The van der Waals surface area contributed by atoms with Gasteiger partial charge in [0.05, 0.1) is 18.7 Å². The smallest absolute Gasteiger partial charge is 0.337 e. The fraction of sp³-hybridized carbons (Fsp3) is 0.333. The first kappa shape index (κ1) is 15.9. The lowest BCUT2D eigenvalue weighted by molar-refractivity contribution is -0.136. The van der Waals surface area contributed by atoms with E-state index in [0.29, 0.717) is 12.2 Å². The zero-order valence-corrected chi connectivity index (χ0v) is 12.4. The molecule has 2 amide bonds. The predicted molar refractivity (Wildman–Crippen MR) is 74.7 cm³/mol. The molecule has 22 heavy (non-hydrogen) atoms. The van der Waals surface area contributed by atoms with Crippen LogP contribution in [0.2, 0.25) is 0 Å². The van der Waals surface area contributed by atoms with Crippen LogP contribution in [0.15, 0.2) is 29.5 Å². The number of esters is 1. The van der Waals surface area contributed by atoms with Crippen molar-refractivity contribution >= 4 is 12.0 Å². The summed E-state index contributed by atoms with van der Waals surface area (Å²) >= 11 is 0. The summed E-state index contributed by atoms with van der Waals surface area (Å²) in [4.78, 5) is 25.5. The van der Waals surface area contributed by atoms with E-state index in [1.807, 2.05) is 0 Å². The Kier molecular flexibility index (Phi) is 4.44. The van der Waals surface area contributed by atoms with Gasteiger partial charge in [-0.25, -0.2) is 18.4 Å². The monoisotopic (exact) mass is 310 g/mol. The minimum Gasteiger partial charge on any atom is -0.466 e. The molecule has 0 aromatic heterocycles. The molecule has 0 bridgehead atoms. The Morgan fingerprint density at radius 1 is 1.36 bits per heavy atom. The van der Waals surface area contributed by atoms with Crippen molar-refractivity contribution in [2.75, 3.05) is 13.7 Å². The highest BCUT2D eigenvalue weighted by atomic mass is 19.2. The number of nitrogens with zero attached hydrogens (tertiary/aromatic N) is 1. The molecule has 1 N–H and O–H groups in total. The van der Waals surface area contributed by atoms with Crippen molar-refractivity contribution in [1.82, 2.24) is 10.2 Å². The van der Waals surface area contributed by atoms with Crippen LogP contribution in [0.4, 0.5) is 13.6 Å². The second-order valence-corrected chi connectivity index (χ2v) is 4.79. The number of rotatable bonds is 3. The van der Waals surface area contributed by atoms with Gasteiger partial charge in [-0.05, 0) is 31.5 Å². The molecule has 1 atom stereocenters. The molecule has 1 aliphatic rings. The van der Waals surface area contributed by atoms with Crippen LogP contribution in [-0.4, -0.2) is 30.6 Å². The fourth-order valence-electron chi connectivity index (χ4n) is 2.48. The maximum atomic E-state index is 13.5. The molecule has 5 nitrogen and oxygen atoms in total. The number of hydrogen-bond donors (Lipinski definition) is 1. The van der Waals surface area contributed by atoms with Crippen LogP contribution in [0.3, 0.4) is 0 Å². The summed E-state index contributed by atoms with van der Waals surface area (Å²) in [6.45, 7) is 3.74. The van der Waals surface area contributed by atoms with E-state index in [-0.39, 0.29) is 11.1 Å². The van der Waals surface area contributed by atoms with Crippen LogP contribution in [-0.2, 0) is 9.53 Å². The first-order chi connectivity index (χ1) is 10.4. The molecule has 0 saturated heterocycles. The van der Waals surface area contributed by atoms with Crippen LogP contribution >= 0.6 is 0 Å². The zero-order chi connectivity index (χ0) is 16.4. The highest BCUT2D eigenvalue weighted by Gasteiger charge is 2.35. The zero-order valence-electron chi connectivity index (χ0n) is 12.4. The average Bonchev–Trinajstić information content (AvgIpc) is 2.49. The molecule has 0 radical (unpaired) electrons. The Morgan fingerprint density at radius 3 is 2.59 bits per heavy atom. The fourth-order valence-corrected chi connectivity index (χ4v) is 2.48. The number of methoxy groups -OCH3 is 1. The maximum Gasteiger partial charge on any atom is 0.337 e. The summed E-state index contributed by atoms with van der Waals surface area (Å²) in [5, 5.41) is 2.62. The maximum absolute atomic E-state index is 13.5. The van der Waals surface area contributed by atoms with Gasteiger partial charge >= 0.3 is 12.0 Å². The first-order valence-electron chi connectivity index (χ1n) is 6.72. The van der Waals surface area contributed by atoms with E-state index in [9.17, 15) is 18.4 Å². The number of ether oxygens (including phenoxy) is 1. The second kappa shape index (κ2) is 6.13. The van der Waals surface area contributed by atoms with Crippen molar-refractivity contribution < 1.29 is 23.1 Å². The summed E-state index contributed by atoms with van der Waals surface area (Å²) in [5.41, 5.74) is 0.880. The molecular formula is C15H16F2N2O3. The molecule has 7 heteroatoms. The van der Waals surface area contributed by atoms with Crippen molar-refractivity contribution in [2.24, 2.45) is 0 Å². The molecule has 1 aliphatic heterocycles. The molecule has 1 aromatic carbocycles.